The Morgan fingerprint density at radius 1 is 1.06 bits per heavy atom. The lowest BCUT2D eigenvalue weighted by molar-refractivity contribution is -0.141. The smallest absolute Gasteiger partial charge is 0.323 e. The normalized spacial score (nSPS) is 25.4. The topological polar surface area (TPSA) is 86.2 Å². The van der Waals surface area contributed by atoms with E-state index in [1.54, 1.807) is 7.05 Å². The zero-order chi connectivity index (χ0) is 24.2. The number of carbonyl (C=O) groups is 1. The average molecular weight is 491 g/mol. The van der Waals surface area contributed by atoms with Crippen molar-refractivity contribution in [2.45, 2.75) is 50.2 Å². The summed E-state index contributed by atoms with van der Waals surface area (Å²) >= 11 is 0. The molecule has 0 atom stereocenters. The maximum absolute atomic E-state index is 12.9. The quantitative estimate of drug-likeness (QED) is 0.712. The second-order valence-electron chi connectivity index (χ2n) is 11.7. The number of alkyl halides is 3. The third-order valence-electron chi connectivity index (χ3n) is 8.62. The molecule has 2 aromatic heterocycles. The van der Waals surface area contributed by atoms with Crippen LogP contribution in [0.25, 0.3) is 0 Å². The first-order valence-electron chi connectivity index (χ1n) is 12.4. The second kappa shape index (κ2) is 6.98. The Morgan fingerprint density at radius 2 is 1.71 bits per heavy atom. The molecule has 9 nitrogen and oxygen atoms in total. The van der Waals surface area contributed by atoms with Crippen LogP contribution in [-0.2, 0) is 19.8 Å². The van der Waals surface area contributed by atoms with Crippen LogP contribution in [0.2, 0.25) is 0 Å². The molecule has 12 heteroatoms. The van der Waals surface area contributed by atoms with Crippen LogP contribution in [-0.4, -0.2) is 85.0 Å². The monoisotopic (exact) mass is 490 g/mol. The number of likely N-dealkylation sites (tertiary alicyclic amines) is 3. The lowest BCUT2D eigenvalue weighted by Crippen LogP contribution is -2.75. The molecular weight excluding hydrogens is 461 g/mol. The Labute approximate surface area is 200 Å². The maximum atomic E-state index is 12.9. The van der Waals surface area contributed by atoms with E-state index in [-0.39, 0.29) is 16.9 Å². The number of aromatic amines is 1. The first-order chi connectivity index (χ1) is 16.6. The summed E-state index contributed by atoms with van der Waals surface area (Å²) in [4.78, 5) is 23.6. The first-order valence-corrected chi connectivity index (χ1v) is 12.4. The van der Waals surface area contributed by atoms with Gasteiger partial charge in [-0.15, -0.1) is 0 Å². The molecule has 0 radical (unpaired) electrons. The van der Waals surface area contributed by atoms with Crippen molar-refractivity contribution < 1.29 is 18.0 Å². The summed E-state index contributed by atoms with van der Waals surface area (Å²) in [6, 6.07) is 1.25. The van der Waals surface area contributed by atoms with E-state index < -0.39 is 11.9 Å². The number of hydrogen-bond donors (Lipinski definition) is 1. The second-order valence-corrected chi connectivity index (χ2v) is 11.7. The number of carbonyl (C=O) groups excluding carboxylic acids is 1. The number of halogens is 3. The summed E-state index contributed by atoms with van der Waals surface area (Å²) in [6.45, 7) is 5.14. The van der Waals surface area contributed by atoms with Crippen molar-refractivity contribution in [3.8, 4) is 0 Å². The third-order valence-corrected chi connectivity index (χ3v) is 8.62. The number of aryl methyl sites for hydroxylation is 1. The van der Waals surface area contributed by atoms with Gasteiger partial charge in [0.1, 0.15) is 5.82 Å². The van der Waals surface area contributed by atoms with Gasteiger partial charge in [0.15, 0.2) is 11.5 Å². The Kier molecular flexibility index (Phi) is 4.32. The molecule has 2 aromatic rings. The molecule has 7 rings (SSSR count). The Bertz CT molecular complexity index is 1160. The van der Waals surface area contributed by atoms with E-state index in [9.17, 15) is 18.0 Å². The van der Waals surface area contributed by atoms with Crippen molar-refractivity contribution in [1.29, 1.82) is 0 Å². The molecule has 2 spiro atoms. The molecule has 5 heterocycles. The molecule has 0 aromatic carbocycles. The largest absolute Gasteiger partial charge is 0.435 e. The summed E-state index contributed by atoms with van der Waals surface area (Å²) in [7, 11) is 1.55. The van der Waals surface area contributed by atoms with E-state index in [0.29, 0.717) is 24.1 Å². The number of amides is 2. The Hall–Kier alpha value is -2.63. The summed E-state index contributed by atoms with van der Waals surface area (Å²) in [5.74, 6) is 2.99. The van der Waals surface area contributed by atoms with Gasteiger partial charge in [0.2, 0.25) is 0 Å². The highest BCUT2D eigenvalue weighted by molar-refractivity contribution is 5.77. The van der Waals surface area contributed by atoms with E-state index in [4.69, 9.17) is 0 Å². The van der Waals surface area contributed by atoms with E-state index in [2.05, 4.69) is 25.2 Å². The van der Waals surface area contributed by atoms with Crippen LogP contribution in [0.5, 0.6) is 0 Å². The van der Waals surface area contributed by atoms with Gasteiger partial charge in [-0.05, 0) is 31.7 Å². The summed E-state index contributed by atoms with van der Waals surface area (Å²) in [5, 5.41) is 11.1. The molecule has 0 unspecified atom stereocenters. The molecule has 2 amide bonds. The fourth-order valence-electron chi connectivity index (χ4n) is 6.67. The van der Waals surface area contributed by atoms with Crippen LogP contribution >= 0.6 is 0 Å². The van der Waals surface area contributed by atoms with Gasteiger partial charge in [-0.1, -0.05) is 0 Å². The SMILES string of the molecule is Cn1nc(C(F)(F)F)cc1CN1CC2(C1)CN(C(=O)N1CC3(CC(c4n[nH]c(C5CC5)n4)C3)C1)C2. The molecule has 5 fully saturated rings. The summed E-state index contributed by atoms with van der Waals surface area (Å²) in [6.07, 6.45) is 0.113. The number of hydrogen-bond acceptors (Lipinski definition) is 5. The molecule has 35 heavy (non-hydrogen) atoms. The number of urea groups is 1. The molecule has 5 aliphatic rings. The number of H-pyrrole nitrogens is 1. The molecule has 0 bridgehead atoms. The van der Waals surface area contributed by atoms with Crippen LogP contribution < -0.4 is 0 Å². The lowest BCUT2D eigenvalue weighted by atomic mass is 9.57. The van der Waals surface area contributed by atoms with Crippen molar-refractivity contribution in [2.24, 2.45) is 17.9 Å². The molecular formula is C23H29F3N8O. The van der Waals surface area contributed by atoms with E-state index in [0.717, 1.165) is 69.8 Å². The molecule has 1 N–H and O–H groups in total. The number of nitrogens with zero attached hydrogens (tertiary/aromatic N) is 7. The van der Waals surface area contributed by atoms with Crippen molar-refractivity contribution in [3.05, 3.63) is 29.1 Å². The predicted molar refractivity (Wildman–Crippen MR) is 117 cm³/mol. The Balaban J connectivity index is 0.853. The zero-order valence-electron chi connectivity index (χ0n) is 19.7. The van der Waals surface area contributed by atoms with Crippen LogP contribution in [0.1, 0.15) is 60.6 Å². The van der Waals surface area contributed by atoms with Gasteiger partial charge in [0.25, 0.3) is 0 Å². The fourth-order valence-corrected chi connectivity index (χ4v) is 6.67. The van der Waals surface area contributed by atoms with Crippen LogP contribution in [0, 0.1) is 10.8 Å². The third kappa shape index (κ3) is 3.54. The zero-order valence-corrected chi connectivity index (χ0v) is 19.7. The molecule has 188 valence electrons. The van der Waals surface area contributed by atoms with Gasteiger partial charge in [0.05, 0.1) is 5.69 Å². The van der Waals surface area contributed by atoms with E-state index in [1.165, 1.54) is 17.5 Å². The number of aromatic nitrogens is 5. The van der Waals surface area contributed by atoms with Crippen LogP contribution in [0.3, 0.4) is 0 Å². The lowest BCUT2D eigenvalue weighted by Gasteiger charge is -2.63. The van der Waals surface area contributed by atoms with E-state index >= 15 is 0 Å². The van der Waals surface area contributed by atoms with Gasteiger partial charge in [0, 0.05) is 75.5 Å². The van der Waals surface area contributed by atoms with Gasteiger partial charge in [-0.2, -0.15) is 23.4 Å². The van der Waals surface area contributed by atoms with Crippen LogP contribution in [0.4, 0.5) is 18.0 Å². The van der Waals surface area contributed by atoms with Crippen molar-refractivity contribution in [2.75, 3.05) is 39.3 Å². The highest BCUT2D eigenvalue weighted by atomic mass is 19.4. The maximum Gasteiger partial charge on any atom is 0.435 e. The standard InChI is InChI=1S/C23H29F3N8O/c1-31-16(4-17(30-31)23(24,25)26)7-32-8-22(9-32)12-34(13-22)20(35)33-10-21(11-33)5-15(6-21)19-27-18(28-29-19)14-2-3-14/h4,14-15H,2-3,5-13H2,1H3,(H,27,28,29). The highest BCUT2D eigenvalue weighted by Crippen LogP contribution is 2.56. The average Bonchev–Trinajstić information content (AvgIpc) is 3.29. The minimum absolute atomic E-state index is 0.0934. The van der Waals surface area contributed by atoms with Gasteiger partial charge in [-0.3, -0.25) is 14.7 Å². The minimum Gasteiger partial charge on any atom is -0.323 e. The minimum atomic E-state index is -4.42. The molecule has 3 aliphatic heterocycles. The first kappa shape index (κ1) is 21.6. The molecule has 2 saturated carbocycles. The van der Waals surface area contributed by atoms with Gasteiger partial charge in [-0.25, -0.2) is 9.78 Å². The molecule has 2 aliphatic carbocycles. The fraction of sp³-hybridized carbons (Fsp3) is 0.739. The van der Waals surface area contributed by atoms with Crippen molar-refractivity contribution in [3.63, 3.8) is 0 Å². The van der Waals surface area contributed by atoms with E-state index in [1.807, 2.05) is 9.80 Å². The van der Waals surface area contributed by atoms with Gasteiger partial charge < -0.3 is 9.80 Å². The summed E-state index contributed by atoms with van der Waals surface area (Å²) in [5.41, 5.74) is 0.0441. The summed E-state index contributed by atoms with van der Waals surface area (Å²) < 4.78 is 40.0. The van der Waals surface area contributed by atoms with Crippen molar-refractivity contribution >= 4 is 6.03 Å². The van der Waals surface area contributed by atoms with Crippen LogP contribution in [0.15, 0.2) is 6.07 Å². The Morgan fingerprint density at radius 3 is 2.31 bits per heavy atom. The highest BCUT2D eigenvalue weighted by Gasteiger charge is 2.58. The predicted octanol–water partition coefficient (Wildman–Crippen LogP) is 2.55. The number of rotatable bonds is 4. The molecule has 3 saturated heterocycles. The van der Waals surface area contributed by atoms with Gasteiger partial charge >= 0.3 is 12.2 Å². The van der Waals surface area contributed by atoms with Crippen molar-refractivity contribution in [1.82, 2.24) is 39.7 Å². The number of nitrogens with one attached hydrogen (secondary N) is 1.